The summed E-state index contributed by atoms with van der Waals surface area (Å²) in [6.07, 6.45) is 0. The zero-order chi connectivity index (χ0) is 23.3. The summed E-state index contributed by atoms with van der Waals surface area (Å²) in [5.41, 5.74) is 0.849. The van der Waals surface area contributed by atoms with Crippen LogP contribution in [0.2, 0.25) is 5.02 Å². The van der Waals surface area contributed by atoms with Gasteiger partial charge in [-0.3, -0.25) is 14.5 Å². The molecule has 1 aliphatic rings. The highest BCUT2D eigenvalue weighted by Gasteiger charge is 2.46. The first-order valence-corrected chi connectivity index (χ1v) is 11.0. The molecule has 10 heteroatoms. The second-order valence-corrected chi connectivity index (χ2v) is 8.91. The van der Waals surface area contributed by atoms with Gasteiger partial charge in [0.2, 0.25) is 10.9 Å². The van der Waals surface area contributed by atoms with Crippen LogP contribution in [0.25, 0.3) is 11.0 Å². The van der Waals surface area contributed by atoms with Crippen LogP contribution in [0.5, 0.6) is 5.75 Å². The fraction of sp³-hybridized carbons (Fsp3) is 0.130. The molecule has 0 saturated heterocycles. The van der Waals surface area contributed by atoms with Gasteiger partial charge in [-0.05, 0) is 36.8 Å². The Kier molecular flexibility index (Phi) is 5.15. The molecule has 166 valence electrons. The lowest BCUT2D eigenvalue weighted by Crippen LogP contribution is -2.31. The smallest absolute Gasteiger partial charge is 0.296 e. The molecule has 1 N–H and O–H groups in total. The molecule has 4 aromatic rings. The van der Waals surface area contributed by atoms with Crippen LogP contribution in [0.1, 0.15) is 27.2 Å². The maximum atomic E-state index is 13.6. The number of hydrogen-bond acceptors (Lipinski definition) is 8. The lowest BCUT2D eigenvalue weighted by molar-refractivity contribution is -0.117. The Labute approximate surface area is 196 Å². The number of rotatable bonds is 5. The van der Waals surface area contributed by atoms with Gasteiger partial charge in [0.25, 0.3) is 5.91 Å². The predicted octanol–water partition coefficient (Wildman–Crippen LogP) is 5.04. The summed E-state index contributed by atoms with van der Waals surface area (Å²) in [4.78, 5) is 28.0. The Morgan fingerprint density at radius 3 is 2.64 bits per heavy atom. The average Bonchev–Trinajstić information content (AvgIpc) is 3.50. The SMILES string of the molecule is COc1cccc2cc(C(=O)C3=C(O)C(=O)N(c4nnc(C)s4)[C@@H]3c3ccc(Cl)cc3)oc12. The van der Waals surface area contributed by atoms with Crippen molar-refractivity contribution in [2.45, 2.75) is 13.0 Å². The second-order valence-electron chi connectivity index (χ2n) is 7.31. The number of ether oxygens (including phenoxy) is 1. The molecule has 2 aromatic heterocycles. The molecule has 0 bridgehead atoms. The number of Topliss-reactive ketones (excluding diaryl/α,β-unsaturated/α-hetero) is 1. The van der Waals surface area contributed by atoms with Crippen molar-refractivity contribution in [3.8, 4) is 5.75 Å². The largest absolute Gasteiger partial charge is 0.503 e. The minimum atomic E-state index is -0.940. The number of carbonyl (C=O) groups excluding carboxylic acids is 2. The van der Waals surface area contributed by atoms with E-state index in [-0.39, 0.29) is 16.5 Å². The Morgan fingerprint density at radius 2 is 1.97 bits per heavy atom. The van der Waals surface area contributed by atoms with Gasteiger partial charge in [-0.25, -0.2) is 0 Å². The fourth-order valence-corrected chi connectivity index (χ4v) is 4.66. The number of methoxy groups -OCH3 is 1. The molecule has 33 heavy (non-hydrogen) atoms. The number of aryl methyl sites for hydroxylation is 1. The highest BCUT2D eigenvalue weighted by Crippen LogP contribution is 2.43. The average molecular weight is 482 g/mol. The molecule has 8 nitrogen and oxygen atoms in total. The number of anilines is 1. The molecule has 5 rings (SSSR count). The molecule has 0 radical (unpaired) electrons. The molecule has 1 amide bonds. The number of aromatic nitrogens is 2. The molecule has 0 fully saturated rings. The maximum Gasteiger partial charge on any atom is 0.296 e. The van der Waals surface area contributed by atoms with Crippen molar-refractivity contribution in [1.82, 2.24) is 10.2 Å². The topological polar surface area (TPSA) is 106 Å². The van der Waals surface area contributed by atoms with Crippen LogP contribution in [0.15, 0.2) is 64.3 Å². The third-order valence-corrected chi connectivity index (χ3v) is 6.40. The van der Waals surface area contributed by atoms with E-state index < -0.39 is 23.5 Å². The van der Waals surface area contributed by atoms with E-state index >= 15 is 0 Å². The Balaban J connectivity index is 1.66. The number of nitrogens with zero attached hydrogens (tertiary/aromatic N) is 3. The van der Waals surface area contributed by atoms with E-state index in [2.05, 4.69) is 10.2 Å². The first-order valence-electron chi connectivity index (χ1n) is 9.82. The van der Waals surface area contributed by atoms with E-state index in [0.29, 0.717) is 32.3 Å². The van der Waals surface area contributed by atoms with Crippen LogP contribution >= 0.6 is 22.9 Å². The van der Waals surface area contributed by atoms with Crippen molar-refractivity contribution >= 4 is 50.7 Å². The number of furan rings is 1. The number of halogens is 1. The number of amides is 1. The van der Waals surface area contributed by atoms with Crippen LogP contribution in [-0.2, 0) is 4.79 Å². The molecule has 0 spiro atoms. The highest BCUT2D eigenvalue weighted by molar-refractivity contribution is 7.15. The fourth-order valence-electron chi connectivity index (χ4n) is 3.82. The molecule has 2 aromatic carbocycles. The molecule has 3 heterocycles. The van der Waals surface area contributed by atoms with E-state index in [4.69, 9.17) is 20.8 Å². The summed E-state index contributed by atoms with van der Waals surface area (Å²) >= 11 is 7.22. The van der Waals surface area contributed by atoms with Crippen molar-refractivity contribution < 1.29 is 23.8 Å². The minimum Gasteiger partial charge on any atom is -0.503 e. The van der Waals surface area contributed by atoms with Crippen LogP contribution in [-0.4, -0.2) is 34.1 Å². The number of carbonyl (C=O) groups is 2. The first kappa shape index (κ1) is 21.2. The Bertz CT molecular complexity index is 1440. The van der Waals surface area contributed by atoms with Crippen molar-refractivity contribution in [2.75, 3.05) is 12.0 Å². The quantitative estimate of drug-likeness (QED) is 0.398. The van der Waals surface area contributed by atoms with Gasteiger partial charge in [0.15, 0.2) is 22.9 Å². The summed E-state index contributed by atoms with van der Waals surface area (Å²) in [5.74, 6) is -1.60. The van der Waals surface area contributed by atoms with Crippen molar-refractivity contribution in [3.05, 3.63) is 81.2 Å². The van der Waals surface area contributed by atoms with Gasteiger partial charge in [0.1, 0.15) is 5.01 Å². The summed E-state index contributed by atoms with van der Waals surface area (Å²) in [6, 6.07) is 12.6. The summed E-state index contributed by atoms with van der Waals surface area (Å²) < 4.78 is 11.1. The molecule has 1 aliphatic heterocycles. The van der Waals surface area contributed by atoms with Gasteiger partial charge >= 0.3 is 0 Å². The van der Waals surface area contributed by atoms with E-state index in [9.17, 15) is 14.7 Å². The maximum absolute atomic E-state index is 13.6. The Morgan fingerprint density at radius 1 is 1.21 bits per heavy atom. The number of para-hydroxylation sites is 1. The number of ketones is 1. The number of aliphatic hydroxyl groups is 1. The lowest BCUT2D eigenvalue weighted by Gasteiger charge is -2.23. The van der Waals surface area contributed by atoms with Crippen molar-refractivity contribution in [2.24, 2.45) is 0 Å². The van der Waals surface area contributed by atoms with Crippen LogP contribution in [0.3, 0.4) is 0 Å². The van der Waals surface area contributed by atoms with E-state index in [1.54, 1.807) is 55.5 Å². The second kappa shape index (κ2) is 8.02. The number of fused-ring (bicyclic) bond motifs is 1. The molecular weight excluding hydrogens is 466 g/mol. The zero-order valence-corrected chi connectivity index (χ0v) is 19.0. The first-order chi connectivity index (χ1) is 15.9. The van der Waals surface area contributed by atoms with Gasteiger partial charge in [0.05, 0.1) is 18.7 Å². The number of hydrogen-bond donors (Lipinski definition) is 1. The monoisotopic (exact) mass is 481 g/mol. The highest BCUT2D eigenvalue weighted by atomic mass is 35.5. The normalized spacial score (nSPS) is 16.2. The van der Waals surface area contributed by atoms with Crippen LogP contribution in [0, 0.1) is 6.92 Å². The third kappa shape index (κ3) is 3.46. The number of benzene rings is 2. The summed E-state index contributed by atoms with van der Waals surface area (Å²) in [7, 11) is 1.50. The summed E-state index contributed by atoms with van der Waals surface area (Å²) in [6.45, 7) is 1.75. The molecule has 0 unspecified atom stereocenters. The Hall–Kier alpha value is -3.69. The third-order valence-electron chi connectivity index (χ3n) is 5.31. The number of aliphatic hydroxyl groups excluding tert-OH is 1. The van der Waals surface area contributed by atoms with Gasteiger partial charge in [-0.15, -0.1) is 10.2 Å². The van der Waals surface area contributed by atoms with Gasteiger partial charge in [0, 0.05) is 10.4 Å². The predicted molar refractivity (Wildman–Crippen MR) is 123 cm³/mol. The zero-order valence-electron chi connectivity index (χ0n) is 17.4. The van der Waals surface area contributed by atoms with Gasteiger partial charge in [-0.2, -0.15) is 0 Å². The molecule has 0 aliphatic carbocycles. The lowest BCUT2D eigenvalue weighted by atomic mass is 9.95. The van der Waals surface area contributed by atoms with Gasteiger partial charge < -0.3 is 14.3 Å². The van der Waals surface area contributed by atoms with E-state index in [1.807, 2.05) is 0 Å². The van der Waals surface area contributed by atoms with E-state index in [0.717, 1.165) is 0 Å². The van der Waals surface area contributed by atoms with Crippen LogP contribution < -0.4 is 9.64 Å². The van der Waals surface area contributed by atoms with Crippen LogP contribution in [0.4, 0.5) is 5.13 Å². The molecular formula is C23H16ClN3O5S. The molecule has 1 atom stereocenters. The summed E-state index contributed by atoms with van der Waals surface area (Å²) in [5, 5.41) is 20.9. The van der Waals surface area contributed by atoms with Crippen molar-refractivity contribution in [1.29, 1.82) is 0 Å². The van der Waals surface area contributed by atoms with Crippen molar-refractivity contribution in [3.63, 3.8) is 0 Å². The minimum absolute atomic E-state index is 0.0295. The van der Waals surface area contributed by atoms with Gasteiger partial charge in [-0.1, -0.05) is 47.2 Å². The molecule has 0 saturated carbocycles. The van der Waals surface area contributed by atoms with E-state index in [1.165, 1.54) is 23.3 Å². The standard InChI is InChI=1S/C23H16ClN3O5S/c1-11-25-26-23(33-11)27-18(12-6-8-14(24)9-7-12)17(20(29)22(27)30)19(28)16-10-13-4-3-5-15(31-2)21(13)32-16/h3-10,18,29H,1-2H3/t18-/m1/s1.